The van der Waals surface area contributed by atoms with Gasteiger partial charge >= 0.3 is 5.69 Å². The van der Waals surface area contributed by atoms with Gasteiger partial charge in [0.25, 0.3) is 0 Å². The number of nitro groups is 1. The second kappa shape index (κ2) is 8.75. The number of amides is 1. The molecule has 9 heteroatoms. The number of hydrogen-bond acceptors (Lipinski definition) is 7. The Balaban J connectivity index is 2.28. The van der Waals surface area contributed by atoms with Crippen molar-refractivity contribution in [1.29, 1.82) is 0 Å². The number of carbonyl (C=O) groups is 1. The highest BCUT2D eigenvalue weighted by Gasteiger charge is 2.25. The molecule has 138 valence electrons. The van der Waals surface area contributed by atoms with Crippen LogP contribution in [0.4, 0.5) is 28.7 Å². The quantitative estimate of drug-likeness (QED) is 0.549. The molecule has 1 aromatic heterocycles. The number of nitrogens with zero attached hydrogens (tertiary/aromatic N) is 4. The van der Waals surface area contributed by atoms with Crippen LogP contribution < -0.4 is 15.5 Å². The normalized spacial score (nSPS) is 10.3. The molecule has 1 heterocycles. The molecular weight excluding hydrogens is 336 g/mol. The Morgan fingerprint density at radius 2 is 1.88 bits per heavy atom. The molecule has 2 rings (SSSR count). The summed E-state index contributed by atoms with van der Waals surface area (Å²) in [6, 6.07) is 6.81. The first-order valence-electron chi connectivity index (χ1n) is 8.27. The molecule has 0 aliphatic heterocycles. The van der Waals surface area contributed by atoms with Crippen LogP contribution in [0, 0.1) is 10.1 Å². The summed E-state index contributed by atoms with van der Waals surface area (Å²) in [7, 11) is 1.77. The second-order valence-electron chi connectivity index (χ2n) is 5.81. The summed E-state index contributed by atoms with van der Waals surface area (Å²) >= 11 is 0. The lowest BCUT2D eigenvalue weighted by Gasteiger charge is -2.18. The molecule has 0 saturated heterocycles. The first-order chi connectivity index (χ1) is 12.4. The van der Waals surface area contributed by atoms with Gasteiger partial charge in [-0.25, -0.2) is 9.97 Å². The summed E-state index contributed by atoms with van der Waals surface area (Å²) < 4.78 is 0. The van der Waals surface area contributed by atoms with Crippen molar-refractivity contribution >= 4 is 34.6 Å². The molecule has 0 bridgehead atoms. The van der Waals surface area contributed by atoms with Crippen LogP contribution in [-0.4, -0.2) is 34.4 Å². The molecule has 0 unspecified atom stereocenters. The van der Waals surface area contributed by atoms with E-state index in [0.29, 0.717) is 17.9 Å². The van der Waals surface area contributed by atoms with Crippen molar-refractivity contribution in [3.63, 3.8) is 0 Å². The number of anilines is 4. The molecule has 0 spiro atoms. The van der Waals surface area contributed by atoms with Gasteiger partial charge in [-0.3, -0.25) is 14.9 Å². The van der Waals surface area contributed by atoms with E-state index in [2.05, 4.69) is 27.5 Å². The summed E-state index contributed by atoms with van der Waals surface area (Å²) in [6.07, 6.45) is 3.19. The van der Waals surface area contributed by atoms with Crippen LogP contribution in [0.5, 0.6) is 0 Å². The van der Waals surface area contributed by atoms with Crippen molar-refractivity contribution in [1.82, 2.24) is 9.97 Å². The van der Waals surface area contributed by atoms with Crippen molar-refractivity contribution in [2.75, 3.05) is 29.1 Å². The van der Waals surface area contributed by atoms with Crippen LogP contribution in [0.25, 0.3) is 0 Å². The molecule has 2 aromatic rings. The number of nitrogens with one attached hydrogen (secondary N) is 2. The van der Waals surface area contributed by atoms with Gasteiger partial charge in [0.1, 0.15) is 6.33 Å². The largest absolute Gasteiger partial charge is 0.354 e. The maximum atomic E-state index is 11.6. The molecule has 0 radical (unpaired) electrons. The zero-order chi connectivity index (χ0) is 19.1. The molecule has 2 N–H and O–H groups in total. The molecule has 0 atom stereocenters. The third-order valence-corrected chi connectivity index (χ3v) is 3.66. The van der Waals surface area contributed by atoms with Gasteiger partial charge in [0.15, 0.2) is 0 Å². The van der Waals surface area contributed by atoms with Crippen LogP contribution in [-0.2, 0) is 4.79 Å². The van der Waals surface area contributed by atoms with Crippen LogP contribution in [0.3, 0.4) is 0 Å². The fourth-order valence-electron chi connectivity index (χ4n) is 2.39. The van der Waals surface area contributed by atoms with E-state index in [1.165, 1.54) is 13.3 Å². The molecule has 0 saturated carbocycles. The van der Waals surface area contributed by atoms with Crippen molar-refractivity contribution in [3.05, 3.63) is 40.7 Å². The molecule has 26 heavy (non-hydrogen) atoms. The highest BCUT2D eigenvalue weighted by atomic mass is 16.6. The smallest absolute Gasteiger partial charge is 0.353 e. The van der Waals surface area contributed by atoms with Crippen molar-refractivity contribution in [3.8, 4) is 0 Å². The average molecular weight is 358 g/mol. The van der Waals surface area contributed by atoms with Gasteiger partial charge in [0.2, 0.25) is 17.5 Å². The Morgan fingerprint density at radius 3 is 2.46 bits per heavy atom. The predicted molar refractivity (Wildman–Crippen MR) is 101 cm³/mol. The summed E-state index contributed by atoms with van der Waals surface area (Å²) in [5.41, 5.74) is 1.08. The van der Waals surface area contributed by atoms with Crippen molar-refractivity contribution in [2.24, 2.45) is 0 Å². The maximum absolute atomic E-state index is 11.6. The van der Waals surface area contributed by atoms with E-state index in [0.717, 1.165) is 12.8 Å². The Kier molecular flexibility index (Phi) is 6.42. The van der Waals surface area contributed by atoms with Gasteiger partial charge in [-0.15, -0.1) is 0 Å². The Morgan fingerprint density at radius 1 is 1.23 bits per heavy atom. The van der Waals surface area contributed by atoms with E-state index >= 15 is 0 Å². The number of benzene rings is 1. The van der Waals surface area contributed by atoms with E-state index in [9.17, 15) is 14.9 Å². The molecular formula is C17H22N6O3. The van der Waals surface area contributed by atoms with Crippen LogP contribution in [0.2, 0.25) is 0 Å². The Bertz CT molecular complexity index is 779. The minimum absolute atomic E-state index is 0.121. The fraction of sp³-hybridized carbons (Fsp3) is 0.353. The summed E-state index contributed by atoms with van der Waals surface area (Å²) in [4.78, 5) is 32.1. The van der Waals surface area contributed by atoms with E-state index < -0.39 is 4.92 Å². The SMILES string of the molecule is CCCCN(C)c1ncnc(Nc2ccc(NC(C)=O)cc2)c1[N+](=O)[O-]. The molecule has 9 nitrogen and oxygen atoms in total. The second-order valence-corrected chi connectivity index (χ2v) is 5.81. The predicted octanol–water partition coefficient (Wildman–Crippen LogP) is 3.32. The summed E-state index contributed by atoms with van der Waals surface area (Å²) in [5, 5.41) is 17.2. The number of rotatable bonds is 8. The van der Waals surface area contributed by atoms with E-state index in [-0.39, 0.29) is 23.2 Å². The molecule has 1 amide bonds. The van der Waals surface area contributed by atoms with Gasteiger partial charge in [0.05, 0.1) is 4.92 Å². The first-order valence-corrected chi connectivity index (χ1v) is 8.27. The van der Waals surface area contributed by atoms with Gasteiger partial charge in [-0.1, -0.05) is 13.3 Å². The van der Waals surface area contributed by atoms with Gasteiger partial charge in [0, 0.05) is 31.9 Å². The third-order valence-electron chi connectivity index (χ3n) is 3.66. The third kappa shape index (κ3) is 4.88. The molecule has 0 aliphatic carbocycles. The highest BCUT2D eigenvalue weighted by Crippen LogP contribution is 2.33. The number of aromatic nitrogens is 2. The van der Waals surface area contributed by atoms with Crippen LogP contribution >= 0.6 is 0 Å². The maximum Gasteiger partial charge on any atom is 0.353 e. The van der Waals surface area contributed by atoms with Gasteiger partial charge < -0.3 is 15.5 Å². The standard InChI is InChI=1S/C17H22N6O3/c1-4-5-10-22(3)17-15(23(25)26)16(18-11-19-17)21-14-8-6-13(7-9-14)20-12(2)24/h6-9,11H,4-5,10H2,1-3H3,(H,20,24)(H,18,19,21). The van der Waals surface area contributed by atoms with Crippen molar-refractivity contribution < 1.29 is 9.72 Å². The summed E-state index contributed by atoms with van der Waals surface area (Å²) in [6.45, 7) is 4.14. The highest BCUT2D eigenvalue weighted by molar-refractivity contribution is 5.89. The average Bonchev–Trinajstić information content (AvgIpc) is 2.60. The molecule has 1 aromatic carbocycles. The Hall–Kier alpha value is -3.23. The monoisotopic (exact) mass is 358 g/mol. The Labute approximate surface area is 151 Å². The topological polar surface area (TPSA) is 113 Å². The molecule has 0 fully saturated rings. The zero-order valence-corrected chi connectivity index (χ0v) is 15.0. The number of hydrogen-bond donors (Lipinski definition) is 2. The lowest BCUT2D eigenvalue weighted by atomic mass is 10.2. The minimum Gasteiger partial charge on any atom is -0.354 e. The van der Waals surface area contributed by atoms with E-state index in [1.807, 2.05) is 0 Å². The van der Waals surface area contributed by atoms with E-state index in [1.54, 1.807) is 36.2 Å². The van der Waals surface area contributed by atoms with Crippen LogP contribution in [0.1, 0.15) is 26.7 Å². The van der Waals surface area contributed by atoms with Crippen LogP contribution in [0.15, 0.2) is 30.6 Å². The van der Waals surface area contributed by atoms with Gasteiger partial charge in [-0.2, -0.15) is 0 Å². The number of unbranched alkanes of at least 4 members (excludes halogenated alkanes) is 1. The minimum atomic E-state index is -0.480. The van der Waals surface area contributed by atoms with Crippen molar-refractivity contribution in [2.45, 2.75) is 26.7 Å². The van der Waals surface area contributed by atoms with E-state index in [4.69, 9.17) is 0 Å². The lowest BCUT2D eigenvalue weighted by Crippen LogP contribution is -2.21. The van der Waals surface area contributed by atoms with Gasteiger partial charge in [-0.05, 0) is 30.7 Å². The molecule has 0 aliphatic rings. The number of carbonyl (C=O) groups excluding carboxylic acids is 1. The lowest BCUT2D eigenvalue weighted by molar-refractivity contribution is -0.383. The first kappa shape index (κ1) is 19.1. The zero-order valence-electron chi connectivity index (χ0n) is 15.0. The summed E-state index contributed by atoms with van der Waals surface area (Å²) in [5.74, 6) is 0.225. The fourth-order valence-corrected chi connectivity index (χ4v) is 2.39.